The summed E-state index contributed by atoms with van der Waals surface area (Å²) in [7, 11) is 1.65. The molecule has 1 aliphatic carbocycles. The van der Waals surface area contributed by atoms with Gasteiger partial charge in [-0.3, -0.25) is 0 Å². The first kappa shape index (κ1) is 13.9. The lowest BCUT2D eigenvalue weighted by Crippen LogP contribution is -2.19. The van der Waals surface area contributed by atoms with Gasteiger partial charge in [-0.05, 0) is 66.9 Å². The highest BCUT2D eigenvalue weighted by atomic mass is 32.1. The Kier molecular flexibility index (Phi) is 4.06. The summed E-state index contributed by atoms with van der Waals surface area (Å²) in [6.07, 6.45) is 3.62. The first-order valence-electron chi connectivity index (χ1n) is 7.08. The van der Waals surface area contributed by atoms with Crippen LogP contribution in [0.15, 0.2) is 42.5 Å². The van der Waals surface area contributed by atoms with Gasteiger partial charge >= 0.3 is 0 Å². The fourth-order valence-corrected chi connectivity index (χ4v) is 2.88. The van der Waals surface area contributed by atoms with Crippen LogP contribution in [0.1, 0.15) is 17.5 Å². The fourth-order valence-electron chi connectivity index (χ4n) is 2.64. The standard InChI is InChI=1S/C17H18N2OS/c1-20-16-7-3-6-14(11-16)18-17(21)19-15-9-8-12-4-2-5-13(12)10-15/h3,6-11H,2,4-5H2,1H3,(H2,18,19,21). The van der Waals surface area contributed by atoms with Crippen molar-refractivity contribution in [1.29, 1.82) is 0 Å². The summed E-state index contributed by atoms with van der Waals surface area (Å²) in [6, 6.07) is 14.2. The van der Waals surface area contributed by atoms with Crippen molar-refractivity contribution in [2.45, 2.75) is 19.3 Å². The van der Waals surface area contributed by atoms with E-state index in [1.54, 1.807) is 7.11 Å². The molecule has 0 radical (unpaired) electrons. The Bertz CT molecular complexity index is 670. The van der Waals surface area contributed by atoms with Crippen molar-refractivity contribution < 1.29 is 4.74 Å². The average molecular weight is 298 g/mol. The number of aryl methyl sites for hydroxylation is 2. The van der Waals surface area contributed by atoms with E-state index < -0.39 is 0 Å². The van der Waals surface area contributed by atoms with Crippen molar-refractivity contribution >= 4 is 28.7 Å². The predicted octanol–water partition coefficient (Wildman–Crippen LogP) is 3.99. The van der Waals surface area contributed by atoms with E-state index in [-0.39, 0.29) is 0 Å². The number of hydrogen-bond acceptors (Lipinski definition) is 2. The van der Waals surface area contributed by atoms with Crippen LogP contribution in [0, 0.1) is 0 Å². The van der Waals surface area contributed by atoms with Crippen molar-refractivity contribution in [2.75, 3.05) is 17.7 Å². The third kappa shape index (κ3) is 3.34. The lowest BCUT2D eigenvalue weighted by Gasteiger charge is -2.12. The van der Waals surface area contributed by atoms with E-state index in [2.05, 4.69) is 28.8 Å². The number of fused-ring (bicyclic) bond motifs is 1. The first-order valence-corrected chi connectivity index (χ1v) is 7.49. The van der Waals surface area contributed by atoms with Crippen molar-refractivity contribution in [2.24, 2.45) is 0 Å². The molecule has 4 heteroatoms. The van der Waals surface area contributed by atoms with Crippen molar-refractivity contribution in [1.82, 2.24) is 0 Å². The molecule has 0 heterocycles. The quantitative estimate of drug-likeness (QED) is 0.839. The number of rotatable bonds is 3. The molecule has 0 atom stereocenters. The van der Waals surface area contributed by atoms with Crippen LogP contribution in [0.3, 0.4) is 0 Å². The van der Waals surface area contributed by atoms with Crippen LogP contribution >= 0.6 is 12.2 Å². The number of benzene rings is 2. The van der Waals surface area contributed by atoms with Gasteiger partial charge in [-0.1, -0.05) is 12.1 Å². The van der Waals surface area contributed by atoms with Crippen LogP contribution in [-0.4, -0.2) is 12.2 Å². The molecule has 0 unspecified atom stereocenters. The molecule has 0 aromatic heterocycles. The minimum Gasteiger partial charge on any atom is -0.497 e. The molecular formula is C17H18N2OS. The second-order valence-electron chi connectivity index (χ2n) is 5.15. The van der Waals surface area contributed by atoms with Crippen LogP contribution in [-0.2, 0) is 12.8 Å². The van der Waals surface area contributed by atoms with Gasteiger partial charge in [0.25, 0.3) is 0 Å². The highest BCUT2D eigenvalue weighted by Crippen LogP contribution is 2.25. The Morgan fingerprint density at radius 2 is 1.76 bits per heavy atom. The Labute approximate surface area is 130 Å². The van der Waals surface area contributed by atoms with Crippen LogP contribution in [0.5, 0.6) is 5.75 Å². The average Bonchev–Trinajstić information content (AvgIpc) is 2.95. The monoisotopic (exact) mass is 298 g/mol. The van der Waals surface area contributed by atoms with Gasteiger partial charge in [0.05, 0.1) is 7.11 Å². The molecule has 108 valence electrons. The molecule has 21 heavy (non-hydrogen) atoms. The lowest BCUT2D eigenvalue weighted by molar-refractivity contribution is 0.415. The summed E-state index contributed by atoms with van der Waals surface area (Å²) < 4.78 is 5.20. The van der Waals surface area contributed by atoms with Crippen LogP contribution in [0.2, 0.25) is 0 Å². The molecule has 0 saturated heterocycles. The van der Waals surface area contributed by atoms with Crippen molar-refractivity contribution in [3.63, 3.8) is 0 Å². The maximum absolute atomic E-state index is 5.36. The van der Waals surface area contributed by atoms with E-state index in [1.807, 2.05) is 24.3 Å². The third-order valence-corrected chi connectivity index (χ3v) is 3.89. The van der Waals surface area contributed by atoms with E-state index in [1.165, 1.54) is 30.4 Å². The lowest BCUT2D eigenvalue weighted by atomic mass is 10.1. The number of hydrogen-bond donors (Lipinski definition) is 2. The molecule has 2 aromatic rings. The van der Waals surface area contributed by atoms with E-state index in [9.17, 15) is 0 Å². The summed E-state index contributed by atoms with van der Waals surface area (Å²) in [6.45, 7) is 0. The molecule has 3 nitrogen and oxygen atoms in total. The molecule has 0 spiro atoms. The molecule has 3 rings (SSSR count). The molecule has 0 aliphatic heterocycles. The van der Waals surface area contributed by atoms with E-state index in [0.29, 0.717) is 5.11 Å². The molecule has 0 bridgehead atoms. The van der Waals surface area contributed by atoms with Gasteiger partial charge in [-0.2, -0.15) is 0 Å². The predicted molar refractivity (Wildman–Crippen MR) is 91.3 cm³/mol. The second kappa shape index (κ2) is 6.14. The van der Waals surface area contributed by atoms with Gasteiger partial charge in [0.1, 0.15) is 5.75 Å². The van der Waals surface area contributed by atoms with Gasteiger partial charge < -0.3 is 15.4 Å². The molecule has 0 saturated carbocycles. The topological polar surface area (TPSA) is 33.3 Å². The third-order valence-electron chi connectivity index (χ3n) is 3.68. The number of methoxy groups -OCH3 is 1. The van der Waals surface area contributed by atoms with Gasteiger partial charge in [0.2, 0.25) is 0 Å². The van der Waals surface area contributed by atoms with Crippen LogP contribution in [0.25, 0.3) is 0 Å². The SMILES string of the molecule is COc1cccc(NC(=S)Nc2ccc3c(c2)CCC3)c1. The number of anilines is 2. The van der Waals surface area contributed by atoms with Crippen molar-refractivity contribution in [3.05, 3.63) is 53.6 Å². The number of ether oxygens (including phenoxy) is 1. The Morgan fingerprint density at radius 3 is 2.57 bits per heavy atom. The fraction of sp³-hybridized carbons (Fsp3) is 0.235. The summed E-state index contributed by atoms with van der Waals surface area (Å²) in [5.41, 5.74) is 4.85. The van der Waals surface area contributed by atoms with Crippen LogP contribution in [0.4, 0.5) is 11.4 Å². The summed E-state index contributed by atoms with van der Waals surface area (Å²) >= 11 is 5.36. The van der Waals surface area contributed by atoms with E-state index in [0.717, 1.165) is 17.1 Å². The maximum Gasteiger partial charge on any atom is 0.175 e. The molecule has 2 N–H and O–H groups in total. The number of nitrogens with one attached hydrogen (secondary N) is 2. The highest BCUT2D eigenvalue weighted by molar-refractivity contribution is 7.80. The smallest absolute Gasteiger partial charge is 0.175 e. The zero-order valence-electron chi connectivity index (χ0n) is 12.0. The highest BCUT2D eigenvalue weighted by Gasteiger charge is 2.11. The molecule has 1 aliphatic rings. The van der Waals surface area contributed by atoms with Crippen molar-refractivity contribution in [3.8, 4) is 5.75 Å². The normalized spacial score (nSPS) is 12.6. The largest absolute Gasteiger partial charge is 0.497 e. The second-order valence-corrected chi connectivity index (χ2v) is 5.56. The molecular weight excluding hydrogens is 280 g/mol. The van der Waals surface area contributed by atoms with Gasteiger partial charge in [-0.15, -0.1) is 0 Å². The first-order chi connectivity index (χ1) is 10.2. The Morgan fingerprint density at radius 1 is 1.00 bits per heavy atom. The zero-order valence-corrected chi connectivity index (χ0v) is 12.8. The Hall–Kier alpha value is -2.07. The molecule has 0 amide bonds. The minimum atomic E-state index is 0.584. The molecule has 0 fully saturated rings. The zero-order chi connectivity index (χ0) is 14.7. The molecule has 2 aromatic carbocycles. The summed E-state index contributed by atoms with van der Waals surface area (Å²) in [5, 5.41) is 6.99. The van der Waals surface area contributed by atoms with E-state index in [4.69, 9.17) is 17.0 Å². The maximum atomic E-state index is 5.36. The number of thiocarbonyl (C=S) groups is 1. The van der Waals surface area contributed by atoms with Gasteiger partial charge in [0.15, 0.2) is 5.11 Å². The van der Waals surface area contributed by atoms with E-state index >= 15 is 0 Å². The summed E-state index contributed by atoms with van der Waals surface area (Å²) in [5.74, 6) is 0.806. The van der Waals surface area contributed by atoms with Gasteiger partial charge in [-0.25, -0.2) is 0 Å². The Balaban J connectivity index is 1.66. The minimum absolute atomic E-state index is 0.584. The summed E-state index contributed by atoms with van der Waals surface area (Å²) in [4.78, 5) is 0. The van der Waals surface area contributed by atoms with Gasteiger partial charge in [0, 0.05) is 17.4 Å². The van der Waals surface area contributed by atoms with Crippen LogP contribution < -0.4 is 15.4 Å².